The summed E-state index contributed by atoms with van der Waals surface area (Å²) in [5.41, 5.74) is 8.51. The number of allylic oxidation sites excluding steroid dienone is 3. The predicted octanol–water partition coefficient (Wildman–Crippen LogP) is 1.53. The molecule has 1 aliphatic rings. The molecule has 2 heteroatoms. The van der Waals surface area contributed by atoms with Gasteiger partial charge < -0.3 is 5.73 Å². The molecular weight excluding hydrogens is 138 g/mol. The molecule has 0 fully saturated rings. The Morgan fingerprint density at radius 2 is 2.18 bits per heavy atom. The van der Waals surface area contributed by atoms with Gasteiger partial charge in [0, 0.05) is 0 Å². The van der Waals surface area contributed by atoms with Crippen LogP contribution >= 0.6 is 0 Å². The molecule has 0 aliphatic heterocycles. The molecule has 0 unspecified atom stereocenters. The summed E-state index contributed by atoms with van der Waals surface area (Å²) in [6.07, 6.45) is 5.52. The van der Waals surface area contributed by atoms with E-state index in [-0.39, 0.29) is 0 Å². The van der Waals surface area contributed by atoms with E-state index in [1.807, 2.05) is 6.92 Å². The lowest BCUT2D eigenvalue weighted by molar-refractivity contribution is -0.105. The maximum atomic E-state index is 10.5. The second-order valence-corrected chi connectivity index (χ2v) is 2.81. The maximum absolute atomic E-state index is 10.5. The summed E-state index contributed by atoms with van der Waals surface area (Å²) < 4.78 is 0. The summed E-state index contributed by atoms with van der Waals surface area (Å²) in [5, 5.41) is 0. The Labute approximate surface area is 66.8 Å². The number of carbonyl (C=O) groups is 1. The van der Waals surface area contributed by atoms with Crippen molar-refractivity contribution in [1.29, 1.82) is 0 Å². The number of nitrogens with two attached hydrogens (primary N) is 1. The lowest BCUT2D eigenvalue weighted by Gasteiger charge is -2.16. The first kappa shape index (κ1) is 8.05. The van der Waals surface area contributed by atoms with Crippen LogP contribution in [0.2, 0.25) is 0 Å². The van der Waals surface area contributed by atoms with Crippen LogP contribution in [0, 0.1) is 0 Å². The van der Waals surface area contributed by atoms with Gasteiger partial charge in [-0.05, 0) is 49.1 Å². The summed E-state index contributed by atoms with van der Waals surface area (Å²) in [7, 11) is 0. The highest BCUT2D eigenvalue weighted by Crippen LogP contribution is 2.27. The van der Waals surface area contributed by atoms with E-state index in [0.717, 1.165) is 42.3 Å². The van der Waals surface area contributed by atoms with Crippen LogP contribution in [0.5, 0.6) is 0 Å². The van der Waals surface area contributed by atoms with Crippen molar-refractivity contribution in [2.75, 3.05) is 0 Å². The normalized spacial score (nSPS) is 22.5. The van der Waals surface area contributed by atoms with Crippen molar-refractivity contribution in [3.05, 3.63) is 22.9 Å². The monoisotopic (exact) mass is 151 g/mol. The molecule has 1 rings (SSSR count). The van der Waals surface area contributed by atoms with E-state index in [9.17, 15) is 4.79 Å². The van der Waals surface area contributed by atoms with Crippen molar-refractivity contribution in [3.8, 4) is 0 Å². The highest BCUT2D eigenvalue weighted by molar-refractivity contribution is 5.76. The van der Waals surface area contributed by atoms with E-state index in [1.54, 1.807) is 6.20 Å². The van der Waals surface area contributed by atoms with E-state index in [2.05, 4.69) is 0 Å². The molecule has 0 amide bonds. The molecule has 2 nitrogen and oxygen atoms in total. The molecule has 0 saturated heterocycles. The summed E-state index contributed by atoms with van der Waals surface area (Å²) in [5.74, 6) is 0. The lowest BCUT2D eigenvalue weighted by atomic mass is 9.89. The van der Waals surface area contributed by atoms with E-state index >= 15 is 0 Å². The van der Waals surface area contributed by atoms with Crippen LogP contribution in [0.15, 0.2) is 22.9 Å². The molecule has 0 heterocycles. The van der Waals surface area contributed by atoms with Crippen molar-refractivity contribution >= 4 is 6.29 Å². The largest absolute Gasteiger partial charge is 0.404 e. The fourth-order valence-corrected chi connectivity index (χ4v) is 1.41. The molecule has 1 aliphatic carbocycles. The third-order valence-electron chi connectivity index (χ3n) is 2.20. The van der Waals surface area contributed by atoms with E-state index < -0.39 is 0 Å². The third-order valence-corrected chi connectivity index (χ3v) is 2.20. The number of hydrogen-bond acceptors (Lipinski definition) is 2. The molecule has 0 saturated carbocycles. The van der Waals surface area contributed by atoms with Gasteiger partial charge in [0.2, 0.25) is 0 Å². The first-order valence-corrected chi connectivity index (χ1v) is 3.85. The summed E-state index contributed by atoms with van der Waals surface area (Å²) in [6.45, 7) is 1.96. The van der Waals surface area contributed by atoms with Crippen molar-refractivity contribution in [3.63, 3.8) is 0 Å². The minimum absolute atomic E-state index is 0.909. The Balaban J connectivity index is 2.97. The van der Waals surface area contributed by atoms with Crippen LogP contribution in [0.3, 0.4) is 0 Å². The minimum Gasteiger partial charge on any atom is -0.404 e. The highest BCUT2D eigenvalue weighted by Gasteiger charge is 2.11. The van der Waals surface area contributed by atoms with Crippen molar-refractivity contribution in [1.82, 2.24) is 0 Å². The molecule has 11 heavy (non-hydrogen) atoms. The van der Waals surface area contributed by atoms with Gasteiger partial charge in [0.25, 0.3) is 0 Å². The average Bonchev–Trinajstić information content (AvgIpc) is 2.05. The van der Waals surface area contributed by atoms with Crippen molar-refractivity contribution in [2.24, 2.45) is 5.73 Å². The van der Waals surface area contributed by atoms with Gasteiger partial charge in [-0.15, -0.1) is 0 Å². The highest BCUT2D eigenvalue weighted by atomic mass is 16.1. The molecule has 0 radical (unpaired) electrons. The fourth-order valence-electron chi connectivity index (χ4n) is 1.41. The Morgan fingerprint density at radius 1 is 1.45 bits per heavy atom. The number of aldehydes is 1. The van der Waals surface area contributed by atoms with E-state index in [4.69, 9.17) is 5.73 Å². The third kappa shape index (κ3) is 1.50. The van der Waals surface area contributed by atoms with Gasteiger partial charge in [-0.3, -0.25) is 4.79 Å². The first-order valence-electron chi connectivity index (χ1n) is 3.85. The van der Waals surface area contributed by atoms with Gasteiger partial charge in [0.15, 0.2) is 0 Å². The Bertz CT molecular complexity index is 226. The van der Waals surface area contributed by atoms with Gasteiger partial charge in [-0.2, -0.15) is 0 Å². The predicted molar refractivity (Wildman–Crippen MR) is 44.9 cm³/mol. The van der Waals surface area contributed by atoms with Gasteiger partial charge >= 0.3 is 0 Å². The number of hydrogen-bond donors (Lipinski definition) is 1. The second kappa shape index (κ2) is 3.37. The second-order valence-electron chi connectivity index (χ2n) is 2.81. The molecule has 0 spiro atoms. The average molecular weight is 151 g/mol. The quantitative estimate of drug-likeness (QED) is 0.577. The summed E-state index contributed by atoms with van der Waals surface area (Å²) in [6, 6.07) is 0. The minimum atomic E-state index is 0.909. The standard InChI is InChI=1S/C9H13NO/c1-7-8(5-10)3-2-4-9(7)6-11/h5-6H,2-4,10H2,1H3/b8-5+. The number of carbonyl (C=O) groups excluding carboxylic acids is 1. The Morgan fingerprint density at radius 3 is 2.73 bits per heavy atom. The molecular formula is C9H13NO. The molecule has 0 aromatic carbocycles. The van der Waals surface area contributed by atoms with Crippen LogP contribution < -0.4 is 5.73 Å². The fraction of sp³-hybridized carbons (Fsp3) is 0.444. The van der Waals surface area contributed by atoms with Gasteiger partial charge in [0.1, 0.15) is 6.29 Å². The van der Waals surface area contributed by atoms with Gasteiger partial charge in [-0.25, -0.2) is 0 Å². The zero-order valence-corrected chi connectivity index (χ0v) is 6.76. The van der Waals surface area contributed by atoms with Crippen LogP contribution in [-0.2, 0) is 4.79 Å². The zero-order chi connectivity index (χ0) is 8.27. The molecule has 0 bridgehead atoms. The molecule has 0 atom stereocenters. The number of rotatable bonds is 1. The van der Waals surface area contributed by atoms with Crippen LogP contribution in [-0.4, -0.2) is 6.29 Å². The smallest absolute Gasteiger partial charge is 0.146 e. The SMILES string of the molecule is CC1=C(C=O)CCC/C1=C\N. The van der Waals surface area contributed by atoms with E-state index in [1.165, 1.54) is 0 Å². The summed E-state index contributed by atoms with van der Waals surface area (Å²) >= 11 is 0. The topological polar surface area (TPSA) is 43.1 Å². The van der Waals surface area contributed by atoms with Crippen LogP contribution in [0.25, 0.3) is 0 Å². The van der Waals surface area contributed by atoms with Gasteiger partial charge in [-0.1, -0.05) is 0 Å². The van der Waals surface area contributed by atoms with E-state index in [0.29, 0.717) is 0 Å². The molecule has 2 N–H and O–H groups in total. The Hall–Kier alpha value is -1.05. The lowest BCUT2D eigenvalue weighted by Crippen LogP contribution is -2.03. The first-order chi connectivity index (χ1) is 5.29. The van der Waals surface area contributed by atoms with Crippen molar-refractivity contribution in [2.45, 2.75) is 26.2 Å². The van der Waals surface area contributed by atoms with Crippen molar-refractivity contribution < 1.29 is 4.79 Å². The van der Waals surface area contributed by atoms with Gasteiger partial charge in [0.05, 0.1) is 0 Å². The summed E-state index contributed by atoms with van der Waals surface area (Å²) in [4.78, 5) is 10.5. The molecule has 0 aromatic heterocycles. The molecule has 0 aromatic rings. The van der Waals surface area contributed by atoms with Crippen LogP contribution in [0.4, 0.5) is 0 Å². The Kier molecular flexibility index (Phi) is 2.47. The molecule has 60 valence electrons. The van der Waals surface area contributed by atoms with Crippen LogP contribution in [0.1, 0.15) is 26.2 Å². The maximum Gasteiger partial charge on any atom is 0.146 e. The zero-order valence-electron chi connectivity index (χ0n) is 6.76.